The number of hydrogen-bond donors (Lipinski definition) is 1. The molecule has 1 heterocycles. The smallest absolute Gasteiger partial charge is 0.287 e. The zero-order valence-electron chi connectivity index (χ0n) is 18.7. The van der Waals surface area contributed by atoms with Gasteiger partial charge in [-0.15, -0.1) is 0 Å². The fourth-order valence-corrected chi connectivity index (χ4v) is 4.66. The summed E-state index contributed by atoms with van der Waals surface area (Å²) in [6.45, 7) is 5.52. The quantitative estimate of drug-likeness (QED) is 0.437. The summed E-state index contributed by atoms with van der Waals surface area (Å²) in [6.07, 6.45) is 3.07. The van der Waals surface area contributed by atoms with Crippen LogP contribution in [0.3, 0.4) is 0 Å². The molecule has 0 aliphatic carbocycles. The van der Waals surface area contributed by atoms with Gasteiger partial charge in [0.2, 0.25) is 5.91 Å². The molecular weight excluding hydrogens is 401 g/mol. The Bertz CT molecular complexity index is 902. The summed E-state index contributed by atoms with van der Waals surface area (Å²) in [5, 5.41) is 2.57. The molecule has 1 fully saturated rings. The highest BCUT2D eigenvalue weighted by atomic mass is 19.4. The lowest BCUT2D eigenvalue weighted by atomic mass is 9.90. The third-order valence-corrected chi connectivity index (χ3v) is 6.18. The van der Waals surface area contributed by atoms with Crippen molar-refractivity contribution in [3.05, 3.63) is 47.5 Å². The number of carbonyl (C=O) groups excluding carboxylic acids is 1. The zero-order valence-corrected chi connectivity index (χ0v) is 18.7. The fraction of sp³-hybridized carbons (Fsp3) is 0.560. The molecule has 2 aromatic rings. The number of aryl methyl sites for hydroxylation is 1. The van der Waals surface area contributed by atoms with Gasteiger partial charge in [0.05, 0.1) is 0 Å². The molecule has 0 saturated carbocycles. The van der Waals surface area contributed by atoms with Gasteiger partial charge in [-0.2, -0.15) is 18.2 Å². The summed E-state index contributed by atoms with van der Waals surface area (Å²) in [6, 6.07) is 8.93. The summed E-state index contributed by atoms with van der Waals surface area (Å²) >= 11 is 0. The summed E-state index contributed by atoms with van der Waals surface area (Å²) in [7, 11) is 0. The molecule has 1 aliphatic rings. The van der Waals surface area contributed by atoms with E-state index in [1.807, 2.05) is 24.3 Å². The molecule has 3 rings (SSSR count). The number of nitrogens with one attached hydrogen (secondary N) is 1. The molecule has 1 aliphatic heterocycles. The molecular formula is C25H33F3N2O. The van der Waals surface area contributed by atoms with Gasteiger partial charge in [0, 0.05) is 12.0 Å². The van der Waals surface area contributed by atoms with E-state index in [4.69, 9.17) is 0 Å². The lowest BCUT2D eigenvalue weighted by molar-refractivity contribution is -0.203. The van der Waals surface area contributed by atoms with Crippen molar-refractivity contribution >= 4 is 16.7 Å². The van der Waals surface area contributed by atoms with Crippen LogP contribution in [0.4, 0.5) is 13.2 Å². The van der Waals surface area contributed by atoms with E-state index in [0.717, 1.165) is 41.6 Å². The van der Waals surface area contributed by atoms with Crippen molar-refractivity contribution in [2.75, 3.05) is 0 Å². The Morgan fingerprint density at radius 3 is 2.29 bits per heavy atom. The predicted molar refractivity (Wildman–Crippen MR) is 119 cm³/mol. The zero-order chi connectivity index (χ0) is 22.6. The molecule has 0 bridgehead atoms. The number of carbonyl (C=O) groups is 1. The van der Waals surface area contributed by atoms with Crippen molar-refractivity contribution < 1.29 is 18.0 Å². The number of rotatable bonds is 9. The van der Waals surface area contributed by atoms with E-state index in [2.05, 4.69) is 12.3 Å². The van der Waals surface area contributed by atoms with Gasteiger partial charge in [0.15, 0.2) is 6.04 Å². The van der Waals surface area contributed by atoms with Gasteiger partial charge < -0.3 is 0 Å². The molecule has 1 saturated heterocycles. The lowest BCUT2D eigenvalue weighted by Gasteiger charge is -2.38. The molecule has 2 aromatic carbocycles. The average molecular weight is 435 g/mol. The average Bonchev–Trinajstić information content (AvgIpc) is 2.95. The van der Waals surface area contributed by atoms with E-state index in [9.17, 15) is 18.0 Å². The highest BCUT2D eigenvalue weighted by Crippen LogP contribution is 2.45. The maximum atomic E-state index is 14.4. The second kappa shape index (κ2) is 9.60. The minimum absolute atomic E-state index is 0.0367. The number of halogens is 3. The van der Waals surface area contributed by atoms with Crippen LogP contribution >= 0.6 is 0 Å². The number of amides is 1. The SMILES string of the molecule is CCCCCCCCc1cccc2cccc(C(N3NC(=O)CC3(C)C)C(F)(F)F)c12. The van der Waals surface area contributed by atoms with Crippen LogP contribution in [0, 0.1) is 0 Å². The second-order valence-electron chi connectivity index (χ2n) is 9.22. The van der Waals surface area contributed by atoms with Crippen molar-refractivity contribution in [3.8, 4) is 0 Å². The summed E-state index contributed by atoms with van der Waals surface area (Å²) in [5.74, 6) is -0.383. The van der Waals surface area contributed by atoms with Gasteiger partial charge in [-0.05, 0) is 48.6 Å². The van der Waals surface area contributed by atoms with Crippen LogP contribution in [0.5, 0.6) is 0 Å². The summed E-state index contributed by atoms with van der Waals surface area (Å²) < 4.78 is 43.3. The fourth-order valence-electron chi connectivity index (χ4n) is 4.66. The van der Waals surface area contributed by atoms with E-state index in [1.54, 1.807) is 26.0 Å². The normalized spacial score (nSPS) is 17.8. The molecule has 0 spiro atoms. The Balaban J connectivity index is 1.98. The van der Waals surface area contributed by atoms with Crippen LogP contribution in [0.25, 0.3) is 10.8 Å². The van der Waals surface area contributed by atoms with Gasteiger partial charge in [0.1, 0.15) is 0 Å². The van der Waals surface area contributed by atoms with Gasteiger partial charge in [-0.3, -0.25) is 10.2 Å². The van der Waals surface area contributed by atoms with E-state index in [-0.39, 0.29) is 17.9 Å². The largest absolute Gasteiger partial charge is 0.409 e. The Kier molecular flexibility index (Phi) is 7.30. The molecule has 3 nitrogen and oxygen atoms in total. The molecule has 170 valence electrons. The molecule has 31 heavy (non-hydrogen) atoms. The monoisotopic (exact) mass is 434 g/mol. The standard InChI is InChI=1S/C25H33F3N2O/c1-4-5-6-7-8-9-12-18-13-10-14-19-15-11-16-20(22(18)19)23(25(26,27)28)30-24(2,3)17-21(31)29-30/h10-11,13-16,23H,4-9,12,17H2,1-3H3,(H,29,31). The lowest BCUT2D eigenvalue weighted by Crippen LogP contribution is -2.51. The van der Waals surface area contributed by atoms with E-state index in [0.29, 0.717) is 5.39 Å². The number of hydrogen-bond acceptors (Lipinski definition) is 2. The molecule has 1 N–H and O–H groups in total. The van der Waals surface area contributed by atoms with Crippen molar-refractivity contribution in [2.45, 2.75) is 89.9 Å². The van der Waals surface area contributed by atoms with Crippen LogP contribution in [-0.2, 0) is 11.2 Å². The molecule has 6 heteroatoms. The molecule has 1 atom stereocenters. The van der Waals surface area contributed by atoms with Crippen LogP contribution in [-0.4, -0.2) is 22.6 Å². The number of fused-ring (bicyclic) bond motifs is 1. The predicted octanol–water partition coefficient (Wildman–Crippen LogP) is 6.86. The van der Waals surface area contributed by atoms with Crippen LogP contribution in [0.2, 0.25) is 0 Å². The highest BCUT2D eigenvalue weighted by molar-refractivity contribution is 5.89. The van der Waals surface area contributed by atoms with Crippen LogP contribution in [0.1, 0.15) is 82.9 Å². The summed E-state index contributed by atoms with van der Waals surface area (Å²) in [5.41, 5.74) is 2.70. The number of hydrazine groups is 1. The van der Waals surface area contributed by atoms with E-state index < -0.39 is 17.8 Å². The van der Waals surface area contributed by atoms with Gasteiger partial charge in [-0.25, -0.2) is 0 Å². The Hall–Kier alpha value is -2.08. The van der Waals surface area contributed by atoms with Crippen LogP contribution in [0.15, 0.2) is 36.4 Å². The van der Waals surface area contributed by atoms with Crippen molar-refractivity contribution in [2.24, 2.45) is 0 Å². The molecule has 1 amide bonds. The minimum Gasteiger partial charge on any atom is -0.287 e. The second-order valence-corrected chi connectivity index (χ2v) is 9.22. The number of unbranched alkanes of at least 4 members (excludes halogenated alkanes) is 5. The Labute approximate surface area is 183 Å². The number of benzene rings is 2. The maximum Gasteiger partial charge on any atom is 0.409 e. The number of alkyl halides is 3. The Morgan fingerprint density at radius 1 is 1.03 bits per heavy atom. The highest BCUT2D eigenvalue weighted by Gasteiger charge is 2.53. The first kappa shape index (κ1) is 23.6. The maximum absolute atomic E-state index is 14.4. The van der Waals surface area contributed by atoms with Crippen molar-refractivity contribution in [1.82, 2.24) is 10.4 Å². The van der Waals surface area contributed by atoms with Crippen LogP contribution < -0.4 is 5.43 Å². The van der Waals surface area contributed by atoms with Gasteiger partial charge >= 0.3 is 6.18 Å². The van der Waals surface area contributed by atoms with E-state index in [1.165, 1.54) is 19.3 Å². The topological polar surface area (TPSA) is 32.3 Å². The van der Waals surface area contributed by atoms with Gasteiger partial charge in [0.25, 0.3) is 0 Å². The molecule has 1 unspecified atom stereocenters. The first-order chi connectivity index (χ1) is 14.6. The van der Waals surface area contributed by atoms with E-state index >= 15 is 0 Å². The molecule has 0 aromatic heterocycles. The Morgan fingerprint density at radius 2 is 1.68 bits per heavy atom. The third-order valence-electron chi connectivity index (χ3n) is 6.18. The summed E-state index contributed by atoms with van der Waals surface area (Å²) in [4.78, 5) is 12.0. The van der Waals surface area contributed by atoms with Crippen molar-refractivity contribution in [3.63, 3.8) is 0 Å². The third kappa shape index (κ3) is 5.40. The first-order valence-electron chi connectivity index (χ1n) is 11.3. The first-order valence-corrected chi connectivity index (χ1v) is 11.3. The molecule has 0 radical (unpaired) electrons. The van der Waals surface area contributed by atoms with Gasteiger partial charge in [-0.1, -0.05) is 75.4 Å². The van der Waals surface area contributed by atoms with Crippen molar-refractivity contribution in [1.29, 1.82) is 0 Å². The number of nitrogens with zero attached hydrogens (tertiary/aromatic N) is 1. The minimum atomic E-state index is -4.53.